The molecule has 3 aromatic rings. The number of esters is 1. The molecule has 0 aliphatic heterocycles. The van der Waals surface area contributed by atoms with E-state index in [4.69, 9.17) is 4.74 Å². The number of aromatic nitrogens is 2. The van der Waals surface area contributed by atoms with Crippen molar-refractivity contribution >= 4 is 38.2 Å². The summed E-state index contributed by atoms with van der Waals surface area (Å²) in [6.45, 7) is 1.99. The molecule has 2 heterocycles. The molecule has 0 fully saturated rings. The molecular formula is C14H11BrN2O2S. The van der Waals surface area contributed by atoms with Crippen LogP contribution in [0.2, 0.25) is 0 Å². The second kappa shape index (κ2) is 5.03. The lowest BCUT2D eigenvalue weighted by atomic mass is 10.1. The molecular weight excluding hydrogens is 340 g/mol. The van der Waals surface area contributed by atoms with Crippen molar-refractivity contribution in [1.82, 2.24) is 9.38 Å². The minimum Gasteiger partial charge on any atom is -0.465 e. The number of fused-ring (bicyclic) bond motifs is 1. The number of carbonyl (C=O) groups is 1. The predicted molar refractivity (Wildman–Crippen MR) is 82.3 cm³/mol. The first-order chi connectivity index (χ1) is 9.60. The summed E-state index contributed by atoms with van der Waals surface area (Å²) in [7, 11) is 1.38. The Morgan fingerprint density at radius 2 is 2.25 bits per heavy atom. The van der Waals surface area contributed by atoms with E-state index in [0.717, 1.165) is 26.4 Å². The number of hydrogen-bond donors (Lipinski definition) is 0. The van der Waals surface area contributed by atoms with Crippen LogP contribution in [0.15, 0.2) is 34.9 Å². The van der Waals surface area contributed by atoms with Crippen molar-refractivity contribution in [1.29, 1.82) is 0 Å². The molecule has 102 valence electrons. The molecule has 0 unspecified atom stereocenters. The van der Waals surface area contributed by atoms with Crippen LogP contribution in [-0.4, -0.2) is 22.5 Å². The Kier molecular flexibility index (Phi) is 3.35. The number of benzene rings is 1. The molecule has 0 amide bonds. The van der Waals surface area contributed by atoms with Gasteiger partial charge in [-0.1, -0.05) is 39.4 Å². The van der Waals surface area contributed by atoms with Gasteiger partial charge in [0.05, 0.1) is 12.8 Å². The van der Waals surface area contributed by atoms with E-state index in [1.807, 2.05) is 35.6 Å². The fourth-order valence-electron chi connectivity index (χ4n) is 2.06. The predicted octanol–water partition coefficient (Wildman–Crippen LogP) is 3.92. The van der Waals surface area contributed by atoms with E-state index in [2.05, 4.69) is 20.9 Å². The first kappa shape index (κ1) is 13.3. The van der Waals surface area contributed by atoms with Crippen LogP contribution in [0, 0.1) is 6.92 Å². The number of hydrogen-bond acceptors (Lipinski definition) is 4. The molecule has 0 saturated carbocycles. The molecule has 0 spiro atoms. The molecule has 0 aliphatic rings. The molecule has 3 rings (SSSR count). The van der Waals surface area contributed by atoms with Crippen LogP contribution in [-0.2, 0) is 4.74 Å². The molecule has 4 nitrogen and oxygen atoms in total. The Balaban J connectivity index is 2.13. The van der Waals surface area contributed by atoms with Gasteiger partial charge in [-0.2, -0.15) is 0 Å². The molecule has 0 saturated heterocycles. The minimum absolute atomic E-state index is 0.330. The van der Waals surface area contributed by atoms with Crippen molar-refractivity contribution in [2.75, 3.05) is 7.11 Å². The average Bonchev–Trinajstić information content (AvgIpc) is 2.98. The third kappa shape index (κ3) is 2.14. The molecule has 0 atom stereocenters. The summed E-state index contributed by atoms with van der Waals surface area (Å²) in [4.78, 5) is 17.5. The highest BCUT2D eigenvalue weighted by Gasteiger charge is 2.16. The summed E-state index contributed by atoms with van der Waals surface area (Å²) >= 11 is 4.79. The Hall–Kier alpha value is -1.66. The minimum atomic E-state index is -0.330. The zero-order valence-corrected chi connectivity index (χ0v) is 13.3. The van der Waals surface area contributed by atoms with Crippen molar-refractivity contribution in [2.24, 2.45) is 0 Å². The Morgan fingerprint density at radius 1 is 1.45 bits per heavy atom. The average molecular weight is 351 g/mol. The van der Waals surface area contributed by atoms with Gasteiger partial charge in [-0.05, 0) is 19.1 Å². The molecule has 0 bridgehead atoms. The van der Waals surface area contributed by atoms with Crippen LogP contribution in [0.25, 0.3) is 16.2 Å². The number of methoxy groups -OCH3 is 1. The van der Waals surface area contributed by atoms with Crippen molar-refractivity contribution in [3.8, 4) is 11.3 Å². The molecule has 20 heavy (non-hydrogen) atoms. The van der Waals surface area contributed by atoms with E-state index in [0.29, 0.717) is 4.88 Å². The van der Waals surface area contributed by atoms with E-state index in [9.17, 15) is 4.79 Å². The lowest BCUT2D eigenvalue weighted by Gasteiger charge is -2.00. The quantitative estimate of drug-likeness (QED) is 0.658. The van der Waals surface area contributed by atoms with Crippen molar-refractivity contribution in [3.05, 3.63) is 45.5 Å². The summed E-state index contributed by atoms with van der Waals surface area (Å²) in [6.07, 6.45) is 1.77. The van der Waals surface area contributed by atoms with Crippen LogP contribution in [0.4, 0.5) is 0 Å². The van der Waals surface area contributed by atoms with Crippen LogP contribution >= 0.6 is 27.3 Å². The van der Waals surface area contributed by atoms with E-state index in [1.54, 1.807) is 6.20 Å². The standard InChI is InChI=1S/C14H11BrN2O2S/c1-8-12(9-4-3-5-10(15)6-9)16-14-17(8)7-11(20-14)13(18)19-2/h3-7H,1-2H3. The van der Waals surface area contributed by atoms with Gasteiger partial charge in [0, 0.05) is 21.9 Å². The molecule has 0 radical (unpaired) electrons. The van der Waals surface area contributed by atoms with Crippen LogP contribution < -0.4 is 0 Å². The van der Waals surface area contributed by atoms with Gasteiger partial charge < -0.3 is 4.74 Å². The van der Waals surface area contributed by atoms with Crippen LogP contribution in [0.1, 0.15) is 15.4 Å². The zero-order chi connectivity index (χ0) is 14.3. The van der Waals surface area contributed by atoms with Gasteiger partial charge in [-0.3, -0.25) is 4.40 Å². The molecule has 2 aromatic heterocycles. The fourth-order valence-corrected chi connectivity index (χ4v) is 3.40. The normalized spacial score (nSPS) is 10.9. The molecule has 0 N–H and O–H groups in total. The molecule has 1 aromatic carbocycles. The second-order valence-electron chi connectivity index (χ2n) is 4.30. The number of aryl methyl sites for hydroxylation is 1. The third-order valence-corrected chi connectivity index (χ3v) is 4.51. The summed E-state index contributed by atoms with van der Waals surface area (Å²) in [5.41, 5.74) is 2.98. The maximum absolute atomic E-state index is 11.5. The number of imidazole rings is 1. The van der Waals surface area contributed by atoms with Gasteiger partial charge in [-0.25, -0.2) is 9.78 Å². The van der Waals surface area contributed by atoms with Gasteiger partial charge in [0.15, 0.2) is 4.96 Å². The van der Waals surface area contributed by atoms with Gasteiger partial charge >= 0.3 is 5.97 Å². The first-order valence-electron chi connectivity index (χ1n) is 5.93. The summed E-state index contributed by atoms with van der Waals surface area (Å²) < 4.78 is 7.67. The van der Waals surface area contributed by atoms with Gasteiger partial charge in [0.25, 0.3) is 0 Å². The summed E-state index contributed by atoms with van der Waals surface area (Å²) in [5.74, 6) is -0.330. The molecule has 6 heteroatoms. The second-order valence-corrected chi connectivity index (χ2v) is 6.22. The van der Waals surface area contributed by atoms with Crippen molar-refractivity contribution < 1.29 is 9.53 Å². The first-order valence-corrected chi connectivity index (χ1v) is 7.54. The molecule has 0 aliphatic carbocycles. The smallest absolute Gasteiger partial charge is 0.349 e. The van der Waals surface area contributed by atoms with E-state index in [1.165, 1.54) is 18.4 Å². The monoisotopic (exact) mass is 350 g/mol. The number of rotatable bonds is 2. The van der Waals surface area contributed by atoms with Gasteiger partial charge in [0.1, 0.15) is 4.88 Å². The van der Waals surface area contributed by atoms with E-state index in [-0.39, 0.29) is 5.97 Å². The highest BCUT2D eigenvalue weighted by atomic mass is 79.9. The topological polar surface area (TPSA) is 43.6 Å². The largest absolute Gasteiger partial charge is 0.465 e. The Bertz CT molecular complexity index is 807. The maximum atomic E-state index is 11.5. The lowest BCUT2D eigenvalue weighted by molar-refractivity contribution is 0.0606. The highest BCUT2D eigenvalue weighted by molar-refractivity contribution is 9.10. The number of nitrogens with zero attached hydrogens (tertiary/aromatic N) is 2. The van der Waals surface area contributed by atoms with Gasteiger partial charge in [0.2, 0.25) is 0 Å². The van der Waals surface area contributed by atoms with Gasteiger partial charge in [-0.15, -0.1) is 0 Å². The lowest BCUT2D eigenvalue weighted by Crippen LogP contribution is -1.97. The number of thiazole rings is 1. The third-order valence-electron chi connectivity index (χ3n) is 3.05. The Morgan fingerprint density at radius 3 is 2.90 bits per heavy atom. The fraction of sp³-hybridized carbons (Fsp3) is 0.143. The summed E-state index contributed by atoms with van der Waals surface area (Å²) in [5, 5.41) is 0. The number of ether oxygens (including phenoxy) is 1. The maximum Gasteiger partial charge on any atom is 0.349 e. The Labute approximate surface area is 128 Å². The van der Waals surface area contributed by atoms with E-state index >= 15 is 0 Å². The van der Waals surface area contributed by atoms with Crippen molar-refractivity contribution in [2.45, 2.75) is 6.92 Å². The zero-order valence-electron chi connectivity index (χ0n) is 10.9. The number of carbonyl (C=O) groups excluding carboxylic acids is 1. The SMILES string of the molecule is COC(=O)c1cn2c(C)c(-c3cccc(Br)c3)nc2s1. The summed E-state index contributed by atoms with van der Waals surface area (Å²) in [6, 6.07) is 8.00. The van der Waals surface area contributed by atoms with E-state index < -0.39 is 0 Å². The van der Waals surface area contributed by atoms with Crippen LogP contribution in [0.3, 0.4) is 0 Å². The number of halogens is 1. The van der Waals surface area contributed by atoms with Crippen molar-refractivity contribution in [3.63, 3.8) is 0 Å². The van der Waals surface area contributed by atoms with Crippen LogP contribution in [0.5, 0.6) is 0 Å². The highest BCUT2D eigenvalue weighted by Crippen LogP contribution is 2.29.